The summed E-state index contributed by atoms with van der Waals surface area (Å²) in [5.74, 6) is -0.0466. The van der Waals surface area contributed by atoms with E-state index in [0.29, 0.717) is 5.56 Å². The fraction of sp³-hybridized carbons (Fsp3) is 0.500. The van der Waals surface area contributed by atoms with Gasteiger partial charge in [0.15, 0.2) is 0 Å². The van der Waals surface area contributed by atoms with E-state index in [0.717, 1.165) is 25.8 Å². The Bertz CT molecular complexity index is 341. The molecule has 0 amide bonds. The van der Waals surface area contributed by atoms with Crippen molar-refractivity contribution in [3.63, 3.8) is 0 Å². The maximum absolute atomic E-state index is 10.1. The van der Waals surface area contributed by atoms with Crippen molar-refractivity contribution in [2.24, 2.45) is 0 Å². The first kappa shape index (κ1) is 11.2. The maximum Gasteiger partial charge on any atom is 0.119 e. The lowest BCUT2D eigenvalue weighted by Crippen LogP contribution is -2.38. The van der Waals surface area contributed by atoms with Crippen LogP contribution >= 0.6 is 0 Å². The van der Waals surface area contributed by atoms with Gasteiger partial charge in [-0.15, -0.1) is 0 Å². The number of phenolic OH excluding ortho intramolecular Hbond substituents is 2. The van der Waals surface area contributed by atoms with E-state index in [2.05, 4.69) is 5.32 Å². The molecule has 1 heterocycles. The number of hydrogen-bond acceptors (Lipinski definition) is 4. The molecule has 0 aliphatic carbocycles. The molecule has 16 heavy (non-hydrogen) atoms. The van der Waals surface area contributed by atoms with Crippen molar-refractivity contribution in [3.8, 4) is 11.5 Å². The summed E-state index contributed by atoms with van der Waals surface area (Å²) in [5, 5.41) is 32.1. The SMILES string of the molecule is Oc1cc(O)cc(C(O)C2CCCCN2)c1. The predicted molar refractivity (Wildman–Crippen MR) is 60.4 cm³/mol. The third-order valence-electron chi connectivity index (χ3n) is 3.00. The van der Waals surface area contributed by atoms with Crippen molar-refractivity contribution in [1.29, 1.82) is 0 Å². The Morgan fingerprint density at radius 2 is 1.81 bits per heavy atom. The van der Waals surface area contributed by atoms with Gasteiger partial charge in [0.05, 0.1) is 6.10 Å². The van der Waals surface area contributed by atoms with E-state index >= 15 is 0 Å². The second kappa shape index (κ2) is 4.72. The first-order valence-corrected chi connectivity index (χ1v) is 5.61. The Hall–Kier alpha value is -1.26. The summed E-state index contributed by atoms with van der Waals surface area (Å²) in [6.07, 6.45) is 2.46. The molecule has 1 aliphatic rings. The number of rotatable bonds is 2. The molecule has 0 aromatic heterocycles. The molecule has 1 saturated heterocycles. The van der Waals surface area contributed by atoms with Crippen LogP contribution in [0, 0.1) is 0 Å². The third kappa shape index (κ3) is 2.46. The average Bonchev–Trinajstić information content (AvgIpc) is 2.28. The van der Waals surface area contributed by atoms with Crippen molar-refractivity contribution >= 4 is 0 Å². The minimum atomic E-state index is -0.682. The summed E-state index contributed by atoms with van der Waals surface area (Å²) in [6, 6.07) is 4.24. The largest absolute Gasteiger partial charge is 0.508 e. The standard InChI is InChI=1S/C12H17NO3/c14-9-5-8(6-10(15)7-9)12(16)11-3-1-2-4-13-11/h5-7,11-16H,1-4H2. The molecule has 88 valence electrons. The zero-order valence-corrected chi connectivity index (χ0v) is 9.06. The van der Waals surface area contributed by atoms with E-state index < -0.39 is 6.10 Å². The lowest BCUT2D eigenvalue weighted by molar-refractivity contribution is 0.113. The van der Waals surface area contributed by atoms with Crippen LogP contribution in [0.3, 0.4) is 0 Å². The first-order chi connectivity index (χ1) is 7.66. The molecular weight excluding hydrogens is 206 g/mol. The van der Waals surface area contributed by atoms with Crippen LogP contribution in [0.1, 0.15) is 30.9 Å². The Balaban J connectivity index is 2.15. The summed E-state index contributed by atoms with van der Waals surface area (Å²) in [5.41, 5.74) is 0.553. The van der Waals surface area contributed by atoms with E-state index in [-0.39, 0.29) is 17.5 Å². The molecule has 4 nitrogen and oxygen atoms in total. The van der Waals surface area contributed by atoms with Crippen LogP contribution in [0.4, 0.5) is 0 Å². The van der Waals surface area contributed by atoms with Crippen LogP contribution in [0.2, 0.25) is 0 Å². The van der Waals surface area contributed by atoms with Gasteiger partial charge in [-0.1, -0.05) is 6.42 Å². The minimum Gasteiger partial charge on any atom is -0.508 e. The zero-order chi connectivity index (χ0) is 11.5. The van der Waals surface area contributed by atoms with Crippen LogP contribution in [-0.2, 0) is 0 Å². The van der Waals surface area contributed by atoms with Crippen molar-refractivity contribution in [3.05, 3.63) is 23.8 Å². The Morgan fingerprint density at radius 3 is 2.38 bits per heavy atom. The normalized spacial score (nSPS) is 22.9. The highest BCUT2D eigenvalue weighted by molar-refractivity contribution is 5.38. The second-order valence-electron chi connectivity index (χ2n) is 4.28. The number of nitrogens with one attached hydrogen (secondary N) is 1. The van der Waals surface area contributed by atoms with E-state index in [1.807, 2.05) is 0 Å². The number of phenols is 2. The zero-order valence-electron chi connectivity index (χ0n) is 9.06. The fourth-order valence-electron chi connectivity index (χ4n) is 2.17. The Kier molecular flexibility index (Phi) is 3.31. The highest BCUT2D eigenvalue weighted by Crippen LogP contribution is 2.28. The van der Waals surface area contributed by atoms with Gasteiger partial charge in [0.25, 0.3) is 0 Å². The molecule has 0 saturated carbocycles. The number of piperidine rings is 1. The Labute approximate surface area is 94.5 Å². The van der Waals surface area contributed by atoms with E-state index in [1.54, 1.807) is 0 Å². The first-order valence-electron chi connectivity index (χ1n) is 5.61. The van der Waals surface area contributed by atoms with Crippen molar-refractivity contribution < 1.29 is 15.3 Å². The highest BCUT2D eigenvalue weighted by Gasteiger charge is 2.23. The van der Waals surface area contributed by atoms with Gasteiger partial charge in [-0.05, 0) is 37.1 Å². The van der Waals surface area contributed by atoms with Gasteiger partial charge in [-0.25, -0.2) is 0 Å². The van der Waals surface area contributed by atoms with Crippen LogP contribution in [0.25, 0.3) is 0 Å². The van der Waals surface area contributed by atoms with Gasteiger partial charge in [0.2, 0.25) is 0 Å². The smallest absolute Gasteiger partial charge is 0.119 e. The number of benzene rings is 1. The number of aliphatic hydroxyl groups excluding tert-OH is 1. The second-order valence-corrected chi connectivity index (χ2v) is 4.28. The molecule has 0 radical (unpaired) electrons. The highest BCUT2D eigenvalue weighted by atomic mass is 16.3. The molecule has 2 rings (SSSR count). The maximum atomic E-state index is 10.1. The van der Waals surface area contributed by atoms with Crippen LogP contribution in [0.15, 0.2) is 18.2 Å². The summed E-state index contributed by atoms with van der Waals surface area (Å²) < 4.78 is 0. The summed E-state index contributed by atoms with van der Waals surface area (Å²) in [7, 11) is 0. The molecule has 1 aliphatic heterocycles. The minimum absolute atomic E-state index is 0.00921. The average molecular weight is 223 g/mol. The molecule has 0 spiro atoms. The van der Waals surface area contributed by atoms with Crippen molar-refractivity contribution in [1.82, 2.24) is 5.32 Å². The van der Waals surface area contributed by atoms with Crippen molar-refractivity contribution in [2.75, 3.05) is 6.54 Å². The number of hydrogen-bond donors (Lipinski definition) is 4. The molecule has 2 unspecified atom stereocenters. The molecular formula is C12H17NO3. The van der Waals surface area contributed by atoms with E-state index in [4.69, 9.17) is 0 Å². The van der Waals surface area contributed by atoms with Crippen LogP contribution < -0.4 is 5.32 Å². The van der Waals surface area contributed by atoms with Crippen molar-refractivity contribution in [2.45, 2.75) is 31.4 Å². The van der Waals surface area contributed by atoms with Crippen LogP contribution in [-0.4, -0.2) is 27.9 Å². The summed E-state index contributed by atoms with van der Waals surface area (Å²) in [4.78, 5) is 0. The van der Waals surface area contributed by atoms with Gasteiger partial charge < -0.3 is 20.6 Å². The quantitative estimate of drug-likeness (QED) is 0.609. The molecule has 1 aromatic rings. The third-order valence-corrected chi connectivity index (χ3v) is 3.00. The van der Waals surface area contributed by atoms with E-state index in [1.165, 1.54) is 18.2 Å². The topological polar surface area (TPSA) is 72.7 Å². The molecule has 1 aromatic carbocycles. The number of aliphatic hydroxyl groups is 1. The molecule has 2 atom stereocenters. The Morgan fingerprint density at radius 1 is 1.12 bits per heavy atom. The fourth-order valence-corrected chi connectivity index (χ4v) is 2.17. The molecule has 1 fully saturated rings. The summed E-state index contributed by atoms with van der Waals surface area (Å²) in [6.45, 7) is 0.909. The molecule has 0 bridgehead atoms. The molecule has 4 heteroatoms. The lowest BCUT2D eigenvalue weighted by atomic mass is 9.95. The monoisotopic (exact) mass is 223 g/mol. The number of aromatic hydroxyl groups is 2. The van der Waals surface area contributed by atoms with Gasteiger partial charge >= 0.3 is 0 Å². The molecule has 4 N–H and O–H groups in total. The predicted octanol–water partition coefficient (Wildman–Crippen LogP) is 1.27. The van der Waals surface area contributed by atoms with Gasteiger partial charge in [-0.2, -0.15) is 0 Å². The van der Waals surface area contributed by atoms with Gasteiger partial charge in [-0.3, -0.25) is 0 Å². The lowest BCUT2D eigenvalue weighted by Gasteiger charge is -2.28. The van der Waals surface area contributed by atoms with Crippen LogP contribution in [0.5, 0.6) is 11.5 Å². The summed E-state index contributed by atoms with van der Waals surface area (Å²) >= 11 is 0. The van der Waals surface area contributed by atoms with E-state index in [9.17, 15) is 15.3 Å². The van der Waals surface area contributed by atoms with Gasteiger partial charge in [0.1, 0.15) is 11.5 Å². The van der Waals surface area contributed by atoms with Gasteiger partial charge in [0, 0.05) is 12.1 Å².